The molecule has 0 saturated heterocycles. The second kappa shape index (κ2) is 6.89. The van der Waals surface area contributed by atoms with Crippen molar-refractivity contribution in [2.75, 3.05) is 17.2 Å². The van der Waals surface area contributed by atoms with Gasteiger partial charge in [-0.25, -0.2) is 4.79 Å². The van der Waals surface area contributed by atoms with E-state index in [1.165, 1.54) is 5.56 Å². The molecule has 0 aliphatic carbocycles. The second-order valence-electron chi connectivity index (χ2n) is 8.76. The highest BCUT2D eigenvalue weighted by molar-refractivity contribution is 5.88. The number of hydrogen-bond donors (Lipinski definition) is 4. The molecular formula is C22H29N3O2. The molecule has 0 fully saturated rings. The lowest BCUT2D eigenvalue weighted by molar-refractivity contribution is 0.0696. The third-order valence-electron chi connectivity index (χ3n) is 5.29. The highest BCUT2D eigenvalue weighted by Crippen LogP contribution is 2.45. The van der Waals surface area contributed by atoms with Crippen LogP contribution < -0.4 is 16.4 Å². The van der Waals surface area contributed by atoms with E-state index in [4.69, 9.17) is 5.73 Å². The third-order valence-corrected chi connectivity index (χ3v) is 5.29. The fourth-order valence-electron chi connectivity index (χ4n) is 3.73. The number of nitrogens with two attached hydrogens (primary N) is 1. The lowest BCUT2D eigenvalue weighted by Gasteiger charge is -2.41. The first kappa shape index (κ1) is 19.2. The van der Waals surface area contributed by atoms with Crippen molar-refractivity contribution in [1.82, 2.24) is 0 Å². The van der Waals surface area contributed by atoms with Crippen LogP contribution >= 0.6 is 0 Å². The zero-order valence-electron chi connectivity index (χ0n) is 16.5. The topological polar surface area (TPSA) is 87.4 Å². The SMILES string of the molecule is CC(C)(CN)Nc1cccc(C2Nc3ccc(C(=O)O)cc3CC2(C)C)c1. The van der Waals surface area contributed by atoms with E-state index < -0.39 is 5.97 Å². The fraction of sp³-hybridized carbons (Fsp3) is 0.409. The Kier molecular flexibility index (Phi) is 4.91. The van der Waals surface area contributed by atoms with Gasteiger partial charge < -0.3 is 21.5 Å². The van der Waals surface area contributed by atoms with Crippen molar-refractivity contribution in [1.29, 1.82) is 0 Å². The molecule has 0 saturated carbocycles. The Bertz CT molecular complexity index is 858. The molecule has 0 radical (unpaired) electrons. The Morgan fingerprint density at radius 1 is 1.30 bits per heavy atom. The molecule has 1 atom stereocenters. The van der Waals surface area contributed by atoms with Gasteiger partial charge in [0.1, 0.15) is 0 Å². The smallest absolute Gasteiger partial charge is 0.335 e. The number of carboxylic acid groups (broad SMARTS) is 1. The molecule has 0 amide bonds. The maximum atomic E-state index is 11.3. The van der Waals surface area contributed by atoms with E-state index >= 15 is 0 Å². The zero-order valence-corrected chi connectivity index (χ0v) is 16.5. The van der Waals surface area contributed by atoms with Crippen LogP contribution in [-0.4, -0.2) is 23.2 Å². The molecule has 5 nitrogen and oxygen atoms in total. The fourth-order valence-corrected chi connectivity index (χ4v) is 3.73. The summed E-state index contributed by atoms with van der Waals surface area (Å²) < 4.78 is 0. The highest BCUT2D eigenvalue weighted by atomic mass is 16.4. The largest absolute Gasteiger partial charge is 0.478 e. The highest BCUT2D eigenvalue weighted by Gasteiger charge is 2.36. The minimum atomic E-state index is -0.890. The van der Waals surface area contributed by atoms with Crippen LogP contribution in [0.2, 0.25) is 0 Å². The van der Waals surface area contributed by atoms with Crippen molar-refractivity contribution < 1.29 is 9.90 Å². The summed E-state index contributed by atoms with van der Waals surface area (Å²) in [5.74, 6) is -0.890. The summed E-state index contributed by atoms with van der Waals surface area (Å²) in [6.45, 7) is 9.14. The molecule has 1 heterocycles. The first-order valence-corrected chi connectivity index (χ1v) is 9.32. The van der Waals surface area contributed by atoms with E-state index in [-0.39, 0.29) is 17.0 Å². The lowest BCUT2D eigenvalue weighted by Crippen LogP contribution is -2.39. The average Bonchev–Trinajstić information content (AvgIpc) is 2.59. The third kappa shape index (κ3) is 4.08. The number of carbonyl (C=O) groups is 1. The summed E-state index contributed by atoms with van der Waals surface area (Å²) in [4.78, 5) is 11.3. The molecule has 3 rings (SSSR count). The molecule has 27 heavy (non-hydrogen) atoms. The van der Waals surface area contributed by atoms with Crippen molar-refractivity contribution in [3.63, 3.8) is 0 Å². The van der Waals surface area contributed by atoms with Gasteiger partial charge in [0.25, 0.3) is 0 Å². The van der Waals surface area contributed by atoms with Gasteiger partial charge in [-0.15, -0.1) is 0 Å². The summed E-state index contributed by atoms with van der Waals surface area (Å²) in [5.41, 5.74) is 10.2. The normalized spacial score (nSPS) is 18.3. The van der Waals surface area contributed by atoms with E-state index in [2.05, 4.69) is 62.6 Å². The molecule has 0 aromatic heterocycles. The molecule has 0 spiro atoms. The van der Waals surface area contributed by atoms with Crippen molar-refractivity contribution in [3.05, 3.63) is 59.2 Å². The van der Waals surface area contributed by atoms with Crippen LogP contribution in [0.25, 0.3) is 0 Å². The number of nitrogens with one attached hydrogen (secondary N) is 2. The van der Waals surface area contributed by atoms with Gasteiger partial charge in [-0.05, 0) is 67.1 Å². The molecule has 1 aliphatic heterocycles. The standard InChI is InChI=1S/C22H29N3O2/c1-21(2)12-16-10-15(20(26)27)8-9-18(16)24-19(21)14-6-5-7-17(11-14)25-22(3,4)13-23/h5-11,19,24-25H,12-13,23H2,1-4H3,(H,26,27). The minimum Gasteiger partial charge on any atom is -0.478 e. The van der Waals surface area contributed by atoms with E-state index in [9.17, 15) is 9.90 Å². The van der Waals surface area contributed by atoms with E-state index in [1.54, 1.807) is 12.1 Å². The Hall–Kier alpha value is -2.53. The van der Waals surface area contributed by atoms with Crippen LogP contribution in [0.15, 0.2) is 42.5 Å². The molecule has 1 unspecified atom stereocenters. The summed E-state index contributed by atoms with van der Waals surface area (Å²) in [5, 5.41) is 16.4. The molecule has 2 aromatic rings. The quantitative estimate of drug-likeness (QED) is 0.634. The minimum absolute atomic E-state index is 0.0634. The first-order valence-electron chi connectivity index (χ1n) is 9.32. The summed E-state index contributed by atoms with van der Waals surface area (Å²) in [6, 6.07) is 13.9. The van der Waals surface area contributed by atoms with E-state index in [0.717, 1.165) is 23.4 Å². The predicted octanol–water partition coefficient (Wildman–Crippen LogP) is 4.27. The van der Waals surface area contributed by atoms with Gasteiger partial charge in [-0.3, -0.25) is 0 Å². The van der Waals surface area contributed by atoms with Crippen LogP contribution in [0.5, 0.6) is 0 Å². The maximum Gasteiger partial charge on any atom is 0.335 e. The molecule has 0 bridgehead atoms. The second-order valence-corrected chi connectivity index (χ2v) is 8.76. The summed E-state index contributed by atoms with van der Waals surface area (Å²) >= 11 is 0. The van der Waals surface area contributed by atoms with Gasteiger partial charge in [-0.2, -0.15) is 0 Å². The number of carboxylic acids is 1. The Balaban J connectivity index is 1.92. The van der Waals surface area contributed by atoms with E-state index in [0.29, 0.717) is 12.1 Å². The molecule has 5 N–H and O–H groups in total. The summed E-state index contributed by atoms with van der Waals surface area (Å²) in [6.07, 6.45) is 0.813. The van der Waals surface area contributed by atoms with Crippen molar-refractivity contribution in [2.24, 2.45) is 11.1 Å². The number of rotatable bonds is 5. The van der Waals surface area contributed by atoms with Crippen molar-refractivity contribution >= 4 is 17.3 Å². The Morgan fingerprint density at radius 2 is 2.04 bits per heavy atom. The number of hydrogen-bond acceptors (Lipinski definition) is 4. The van der Waals surface area contributed by atoms with Gasteiger partial charge in [0.15, 0.2) is 0 Å². The van der Waals surface area contributed by atoms with Crippen LogP contribution in [-0.2, 0) is 6.42 Å². The van der Waals surface area contributed by atoms with E-state index in [1.807, 2.05) is 6.07 Å². The van der Waals surface area contributed by atoms with Gasteiger partial charge in [0.05, 0.1) is 11.6 Å². The monoisotopic (exact) mass is 367 g/mol. The molecule has 1 aliphatic rings. The van der Waals surface area contributed by atoms with Gasteiger partial charge >= 0.3 is 5.97 Å². The van der Waals surface area contributed by atoms with Crippen LogP contribution in [0.4, 0.5) is 11.4 Å². The molecule has 5 heteroatoms. The lowest BCUT2D eigenvalue weighted by atomic mass is 9.72. The van der Waals surface area contributed by atoms with Crippen molar-refractivity contribution in [2.45, 2.75) is 45.7 Å². The van der Waals surface area contributed by atoms with Crippen LogP contribution in [0.1, 0.15) is 55.2 Å². The van der Waals surface area contributed by atoms with Crippen LogP contribution in [0, 0.1) is 5.41 Å². The van der Waals surface area contributed by atoms with Crippen LogP contribution in [0.3, 0.4) is 0 Å². The maximum absolute atomic E-state index is 11.3. The van der Waals surface area contributed by atoms with Gasteiger partial charge in [0.2, 0.25) is 0 Å². The van der Waals surface area contributed by atoms with Gasteiger partial charge in [-0.1, -0.05) is 26.0 Å². The zero-order chi connectivity index (χ0) is 19.8. The number of anilines is 2. The number of fused-ring (bicyclic) bond motifs is 1. The predicted molar refractivity (Wildman–Crippen MR) is 110 cm³/mol. The first-order chi connectivity index (χ1) is 12.6. The Morgan fingerprint density at radius 3 is 2.70 bits per heavy atom. The molecular weight excluding hydrogens is 338 g/mol. The summed E-state index contributed by atoms with van der Waals surface area (Å²) in [7, 11) is 0. The number of aromatic carboxylic acids is 1. The molecule has 144 valence electrons. The Labute approximate surface area is 161 Å². The van der Waals surface area contributed by atoms with Crippen molar-refractivity contribution in [3.8, 4) is 0 Å². The molecule has 2 aromatic carbocycles. The average molecular weight is 367 g/mol. The van der Waals surface area contributed by atoms with Gasteiger partial charge in [0, 0.05) is 23.5 Å². The number of benzene rings is 2.